The fraction of sp³-hybridized carbons (Fsp3) is 0.581. The van der Waals surface area contributed by atoms with Crippen LogP contribution in [-0.2, 0) is 25.8 Å². The van der Waals surface area contributed by atoms with E-state index < -0.39 is 29.1 Å². The Hall–Kier alpha value is -3.57. The Morgan fingerprint density at radius 2 is 1.88 bits per heavy atom. The Balaban J connectivity index is 1.53. The second kappa shape index (κ2) is 12.0. The van der Waals surface area contributed by atoms with Crippen LogP contribution < -0.4 is 0 Å². The van der Waals surface area contributed by atoms with Crippen molar-refractivity contribution in [3.8, 4) is 0 Å². The molecule has 3 amide bonds. The second-order valence-electron chi connectivity index (χ2n) is 11.8. The van der Waals surface area contributed by atoms with Crippen LogP contribution in [0.3, 0.4) is 0 Å². The molecule has 1 aromatic heterocycles. The molecule has 226 valence electrons. The first-order valence-corrected chi connectivity index (χ1v) is 15.0. The molecule has 2 bridgehead atoms. The first kappa shape index (κ1) is 29.9. The van der Waals surface area contributed by atoms with Gasteiger partial charge in [-0.3, -0.25) is 14.4 Å². The number of amides is 3. The van der Waals surface area contributed by atoms with Gasteiger partial charge in [-0.05, 0) is 51.2 Å². The van der Waals surface area contributed by atoms with Gasteiger partial charge in [0.2, 0.25) is 17.7 Å². The Kier molecular flexibility index (Phi) is 8.52. The number of hydrogen-bond acceptors (Lipinski definition) is 7. The van der Waals surface area contributed by atoms with E-state index >= 15 is 0 Å². The van der Waals surface area contributed by atoms with E-state index in [1.165, 1.54) is 0 Å². The molecule has 4 heterocycles. The quantitative estimate of drug-likeness (QED) is 0.270. The number of rotatable bonds is 14. The van der Waals surface area contributed by atoms with Crippen molar-refractivity contribution in [1.29, 1.82) is 0 Å². The smallest absolute Gasteiger partial charge is 0.250 e. The van der Waals surface area contributed by atoms with Gasteiger partial charge >= 0.3 is 0 Å². The van der Waals surface area contributed by atoms with E-state index in [9.17, 15) is 19.5 Å². The van der Waals surface area contributed by atoms with E-state index in [4.69, 9.17) is 4.74 Å². The zero-order chi connectivity index (χ0) is 30.1. The van der Waals surface area contributed by atoms with Crippen molar-refractivity contribution in [3.05, 3.63) is 49.6 Å². The van der Waals surface area contributed by atoms with Crippen LogP contribution in [-0.4, -0.2) is 103 Å². The number of benzene rings is 1. The molecule has 2 unspecified atom stereocenters. The van der Waals surface area contributed by atoms with Crippen molar-refractivity contribution in [2.75, 3.05) is 32.8 Å². The molecule has 1 spiro atoms. The Morgan fingerprint density at radius 1 is 1.14 bits per heavy atom. The third kappa shape index (κ3) is 4.82. The van der Waals surface area contributed by atoms with Gasteiger partial charge in [0.25, 0.3) is 0 Å². The Labute approximate surface area is 246 Å². The number of carbonyl (C=O) groups excluding carboxylic acids is 3. The zero-order valence-corrected chi connectivity index (χ0v) is 24.7. The minimum atomic E-state index is -1.13. The molecular formula is C31H42N6O5. The number of aliphatic hydroxyl groups excluding tert-OH is 1. The van der Waals surface area contributed by atoms with Crippen LogP contribution in [0.5, 0.6) is 0 Å². The third-order valence-corrected chi connectivity index (χ3v) is 9.12. The number of aromatic nitrogens is 3. The van der Waals surface area contributed by atoms with Crippen LogP contribution in [0.4, 0.5) is 0 Å². The van der Waals surface area contributed by atoms with Gasteiger partial charge < -0.3 is 24.5 Å². The number of likely N-dealkylation sites (tertiary alicyclic amines) is 1. The lowest BCUT2D eigenvalue weighted by Gasteiger charge is -2.37. The summed E-state index contributed by atoms with van der Waals surface area (Å²) in [5.74, 6) is -2.10. The van der Waals surface area contributed by atoms with E-state index in [-0.39, 0.29) is 44.1 Å². The average molecular weight is 579 g/mol. The highest BCUT2D eigenvalue weighted by Crippen LogP contribution is 2.63. The normalized spacial score (nSPS) is 27.8. The highest BCUT2D eigenvalue weighted by atomic mass is 16.5. The number of ether oxygens (including phenoxy) is 1. The highest BCUT2D eigenvalue weighted by Gasteiger charge is 2.78. The van der Waals surface area contributed by atoms with Crippen LogP contribution in [0.25, 0.3) is 11.0 Å². The fourth-order valence-electron chi connectivity index (χ4n) is 7.36. The van der Waals surface area contributed by atoms with Crippen molar-refractivity contribution in [2.45, 2.75) is 69.9 Å². The van der Waals surface area contributed by atoms with Gasteiger partial charge in [-0.15, -0.1) is 18.3 Å². The molecule has 1 N–H and O–H groups in total. The summed E-state index contributed by atoms with van der Waals surface area (Å²) in [6.45, 7) is 13.2. The largest absolute Gasteiger partial charge is 0.396 e. The number of aliphatic hydroxyl groups is 1. The molecule has 3 aliphatic rings. The summed E-state index contributed by atoms with van der Waals surface area (Å²) in [5, 5.41) is 18.0. The predicted octanol–water partition coefficient (Wildman–Crippen LogP) is 2.37. The number of fused-ring (bicyclic) bond motifs is 2. The van der Waals surface area contributed by atoms with E-state index in [0.29, 0.717) is 44.3 Å². The number of nitrogens with zero attached hydrogens (tertiary/aromatic N) is 6. The molecule has 42 heavy (non-hydrogen) atoms. The molecule has 0 radical (unpaired) electrons. The lowest BCUT2D eigenvalue weighted by Crippen LogP contribution is -2.56. The van der Waals surface area contributed by atoms with Gasteiger partial charge in [0.15, 0.2) is 0 Å². The second-order valence-corrected chi connectivity index (χ2v) is 11.8. The van der Waals surface area contributed by atoms with Gasteiger partial charge in [-0.25, -0.2) is 4.68 Å². The van der Waals surface area contributed by atoms with E-state index in [2.05, 4.69) is 23.5 Å². The number of carbonyl (C=O) groups is 3. The van der Waals surface area contributed by atoms with Crippen LogP contribution in [0, 0.1) is 11.8 Å². The van der Waals surface area contributed by atoms with Crippen LogP contribution in [0.1, 0.15) is 46.0 Å². The van der Waals surface area contributed by atoms with Crippen molar-refractivity contribution in [2.24, 2.45) is 11.8 Å². The maximum absolute atomic E-state index is 14.6. The molecular weight excluding hydrogens is 536 g/mol. The summed E-state index contributed by atoms with van der Waals surface area (Å²) in [5.41, 5.74) is -0.483. The van der Waals surface area contributed by atoms with E-state index in [0.717, 1.165) is 11.9 Å². The Morgan fingerprint density at radius 3 is 2.60 bits per heavy atom. The number of para-hydroxylation sites is 1. The summed E-state index contributed by atoms with van der Waals surface area (Å²) in [7, 11) is 0. The molecule has 3 fully saturated rings. The van der Waals surface area contributed by atoms with Gasteiger partial charge in [0, 0.05) is 32.8 Å². The molecule has 3 aliphatic heterocycles. The van der Waals surface area contributed by atoms with Crippen molar-refractivity contribution in [3.63, 3.8) is 0 Å². The minimum absolute atomic E-state index is 0.0135. The Bertz CT molecular complexity index is 1360. The summed E-state index contributed by atoms with van der Waals surface area (Å²) in [6, 6.07) is 6.61. The van der Waals surface area contributed by atoms with Crippen molar-refractivity contribution >= 4 is 28.8 Å². The van der Waals surface area contributed by atoms with Gasteiger partial charge in [0.1, 0.15) is 23.8 Å². The molecule has 5 atom stereocenters. The predicted molar refractivity (Wildman–Crippen MR) is 157 cm³/mol. The maximum atomic E-state index is 14.6. The van der Waals surface area contributed by atoms with Crippen LogP contribution in [0.15, 0.2) is 49.6 Å². The first-order chi connectivity index (χ1) is 20.3. The first-order valence-electron chi connectivity index (χ1n) is 15.0. The lowest BCUT2D eigenvalue weighted by atomic mass is 9.66. The van der Waals surface area contributed by atoms with Crippen LogP contribution in [0.2, 0.25) is 0 Å². The molecule has 11 heteroatoms. The molecule has 11 nitrogen and oxygen atoms in total. The number of unbranched alkanes of at least 4 members (excludes halogenated alkanes) is 1. The van der Waals surface area contributed by atoms with E-state index in [1.807, 2.05) is 38.1 Å². The maximum Gasteiger partial charge on any atom is 0.250 e. The average Bonchev–Trinajstić information content (AvgIpc) is 3.68. The monoisotopic (exact) mass is 578 g/mol. The molecule has 0 saturated carbocycles. The summed E-state index contributed by atoms with van der Waals surface area (Å²) >= 11 is 0. The van der Waals surface area contributed by atoms with Crippen molar-refractivity contribution in [1.82, 2.24) is 29.7 Å². The number of hydrogen-bond donors (Lipinski definition) is 1. The van der Waals surface area contributed by atoms with Gasteiger partial charge in [0.05, 0.1) is 23.0 Å². The SMILES string of the molecule is C=CCN(Cn1nnc2ccccc21)C(=O)C1N(CCCCO)C(=O)[C@@H]2[C@H](C(=O)N(CC=C)CCC)[C@]3(C)CCC12O3. The molecule has 5 rings (SSSR count). The lowest BCUT2D eigenvalue weighted by molar-refractivity contribution is -0.154. The van der Waals surface area contributed by atoms with Crippen LogP contribution >= 0.6 is 0 Å². The minimum Gasteiger partial charge on any atom is -0.396 e. The van der Waals surface area contributed by atoms with Gasteiger partial charge in [-0.2, -0.15) is 0 Å². The topological polar surface area (TPSA) is 121 Å². The summed E-state index contributed by atoms with van der Waals surface area (Å²) in [6.07, 6.45) is 6.22. The standard InChI is InChI=1S/C31H42N6O5/c1-5-16-34(17-6-2)27(39)24-25-28(40)36(19-10-11-20-38)26(31(25)15-14-30(24,4)42-31)29(41)35(18-7-3)21-37-23-13-9-8-12-22(23)32-33-37/h5,7-9,12-13,24-26,38H,1,3,6,10-11,14-21H2,2,4H3/t24-,25+,26?,30+,31?/m1/s1. The summed E-state index contributed by atoms with van der Waals surface area (Å²) in [4.78, 5) is 48.0. The molecule has 2 aromatic rings. The molecule has 0 aliphatic carbocycles. The zero-order valence-electron chi connectivity index (χ0n) is 24.7. The van der Waals surface area contributed by atoms with E-state index in [1.54, 1.807) is 31.5 Å². The van der Waals surface area contributed by atoms with Crippen molar-refractivity contribution < 1.29 is 24.2 Å². The molecule has 1 aromatic carbocycles. The third-order valence-electron chi connectivity index (χ3n) is 9.12. The highest BCUT2D eigenvalue weighted by molar-refractivity contribution is 5.99. The van der Waals surface area contributed by atoms with Gasteiger partial charge in [-0.1, -0.05) is 36.4 Å². The summed E-state index contributed by atoms with van der Waals surface area (Å²) < 4.78 is 8.46. The fourth-order valence-corrected chi connectivity index (χ4v) is 7.36. The molecule has 3 saturated heterocycles.